The maximum atomic E-state index is 11.9. The lowest BCUT2D eigenvalue weighted by Crippen LogP contribution is -2.22. The fourth-order valence-corrected chi connectivity index (χ4v) is 1.32. The van der Waals surface area contributed by atoms with E-state index in [4.69, 9.17) is 4.74 Å². The fourth-order valence-electron chi connectivity index (χ4n) is 1.32. The van der Waals surface area contributed by atoms with Gasteiger partial charge in [0.2, 0.25) is 0 Å². The second-order valence-corrected chi connectivity index (χ2v) is 3.97. The zero-order chi connectivity index (χ0) is 15.1. The van der Waals surface area contributed by atoms with Crippen LogP contribution in [0.25, 0.3) is 0 Å². The van der Waals surface area contributed by atoms with Crippen molar-refractivity contribution in [1.82, 2.24) is 4.90 Å². The lowest BCUT2D eigenvalue weighted by Gasteiger charge is -2.13. The van der Waals surface area contributed by atoms with Gasteiger partial charge in [-0.1, -0.05) is 12.1 Å². The van der Waals surface area contributed by atoms with Crippen molar-refractivity contribution < 1.29 is 23.9 Å². The standard InChI is InChI=1S/C14H15NO5/c1-15(2)14(18)10-6-4-5-7-11(10)20-13(17)9-8-12(16)19-3/h4-9H,1-3H3/b9-8+. The summed E-state index contributed by atoms with van der Waals surface area (Å²) in [6.45, 7) is 0. The van der Waals surface area contributed by atoms with E-state index in [-0.39, 0.29) is 17.2 Å². The Morgan fingerprint density at radius 1 is 1.05 bits per heavy atom. The minimum absolute atomic E-state index is 0.130. The second-order valence-electron chi connectivity index (χ2n) is 3.97. The Labute approximate surface area is 116 Å². The van der Waals surface area contributed by atoms with Crippen LogP contribution in [0.3, 0.4) is 0 Å². The first-order chi connectivity index (χ1) is 9.45. The molecule has 6 heteroatoms. The number of methoxy groups -OCH3 is 1. The number of amides is 1. The van der Waals surface area contributed by atoms with Gasteiger partial charge in [-0.2, -0.15) is 0 Å². The molecule has 0 saturated carbocycles. The zero-order valence-electron chi connectivity index (χ0n) is 11.5. The van der Waals surface area contributed by atoms with Crippen molar-refractivity contribution >= 4 is 17.8 Å². The minimum Gasteiger partial charge on any atom is -0.466 e. The van der Waals surface area contributed by atoms with E-state index in [9.17, 15) is 14.4 Å². The van der Waals surface area contributed by atoms with Gasteiger partial charge in [0.05, 0.1) is 12.7 Å². The molecule has 0 atom stereocenters. The van der Waals surface area contributed by atoms with Crippen molar-refractivity contribution in [2.24, 2.45) is 0 Å². The van der Waals surface area contributed by atoms with Crippen LogP contribution in [-0.4, -0.2) is 44.0 Å². The molecule has 1 rings (SSSR count). The third-order valence-corrected chi connectivity index (χ3v) is 2.29. The van der Waals surface area contributed by atoms with Gasteiger partial charge in [-0.15, -0.1) is 0 Å². The van der Waals surface area contributed by atoms with E-state index in [0.717, 1.165) is 12.2 Å². The normalized spacial score (nSPS) is 10.2. The molecule has 0 aliphatic rings. The molecular formula is C14H15NO5. The quantitative estimate of drug-likeness (QED) is 0.467. The summed E-state index contributed by atoms with van der Waals surface area (Å²) in [7, 11) is 4.39. The topological polar surface area (TPSA) is 72.9 Å². The van der Waals surface area contributed by atoms with Crippen molar-refractivity contribution in [3.05, 3.63) is 42.0 Å². The molecule has 0 aromatic heterocycles. The molecule has 0 saturated heterocycles. The minimum atomic E-state index is -0.769. The molecule has 0 heterocycles. The molecule has 0 aliphatic carbocycles. The summed E-state index contributed by atoms with van der Waals surface area (Å²) in [5, 5.41) is 0. The molecule has 0 unspecified atom stereocenters. The highest BCUT2D eigenvalue weighted by Gasteiger charge is 2.15. The Kier molecular flexibility index (Phi) is 5.46. The monoisotopic (exact) mass is 277 g/mol. The van der Waals surface area contributed by atoms with E-state index in [1.165, 1.54) is 18.1 Å². The van der Waals surface area contributed by atoms with Crippen LogP contribution in [0.15, 0.2) is 36.4 Å². The molecule has 1 amide bonds. The molecule has 0 spiro atoms. The van der Waals surface area contributed by atoms with Crippen LogP contribution in [-0.2, 0) is 14.3 Å². The Bertz CT molecular complexity index is 548. The van der Waals surface area contributed by atoms with Gasteiger partial charge < -0.3 is 14.4 Å². The van der Waals surface area contributed by atoms with Gasteiger partial charge in [0.25, 0.3) is 5.91 Å². The number of esters is 2. The summed E-state index contributed by atoms with van der Waals surface area (Å²) in [4.78, 5) is 35.7. The maximum absolute atomic E-state index is 11.9. The average molecular weight is 277 g/mol. The number of carbonyl (C=O) groups is 3. The Morgan fingerprint density at radius 3 is 2.25 bits per heavy atom. The zero-order valence-corrected chi connectivity index (χ0v) is 11.5. The average Bonchev–Trinajstić information content (AvgIpc) is 2.44. The number of carbonyl (C=O) groups excluding carboxylic acids is 3. The third kappa shape index (κ3) is 4.24. The van der Waals surface area contributed by atoms with Crippen LogP contribution in [0.5, 0.6) is 5.75 Å². The first kappa shape index (κ1) is 15.4. The smallest absolute Gasteiger partial charge is 0.336 e. The van der Waals surface area contributed by atoms with Gasteiger partial charge >= 0.3 is 11.9 Å². The summed E-state index contributed by atoms with van der Waals surface area (Å²) >= 11 is 0. The highest BCUT2D eigenvalue weighted by molar-refractivity contribution is 5.98. The van der Waals surface area contributed by atoms with E-state index in [1.54, 1.807) is 32.3 Å². The Balaban J connectivity index is 2.88. The van der Waals surface area contributed by atoms with Gasteiger partial charge in [0.15, 0.2) is 0 Å². The number of rotatable bonds is 4. The van der Waals surface area contributed by atoms with E-state index in [2.05, 4.69) is 4.74 Å². The number of nitrogens with zero attached hydrogens (tertiary/aromatic N) is 1. The van der Waals surface area contributed by atoms with Gasteiger partial charge in [-0.05, 0) is 12.1 Å². The molecular weight excluding hydrogens is 262 g/mol. The Hall–Kier alpha value is -2.63. The third-order valence-electron chi connectivity index (χ3n) is 2.29. The molecule has 0 N–H and O–H groups in total. The fraction of sp³-hybridized carbons (Fsp3) is 0.214. The predicted molar refractivity (Wildman–Crippen MR) is 71.3 cm³/mol. The summed E-state index contributed by atoms with van der Waals surface area (Å²) in [6, 6.07) is 6.35. The number of benzene rings is 1. The van der Waals surface area contributed by atoms with Crippen LogP contribution in [0, 0.1) is 0 Å². The van der Waals surface area contributed by atoms with Crippen LogP contribution in [0.4, 0.5) is 0 Å². The molecule has 0 aliphatic heterocycles. The molecule has 0 bridgehead atoms. The SMILES string of the molecule is COC(=O)/C=C/C(=O)Oc1ccccc1C(=O)N(C)C. The van der Waals surface area contributed by atoms with Crippen LogP contribution >= 0.6 is 0 Å². The highest BCUT2D eigenvalue weighted by Crippen LogP contribution is 2.19. The summed E-state index contributed by atoms with van der Waals surface area (Å²) in [5.74, 6) is -1.59. The number of hydrogen-bond acceptors (Lipinski definition) is 5. The first-order valence-corrected chi connectivity index (χ1v) is 5.74. The molecule has 6 nitrogen and oxygen atoms in total. The molecule has 20 heavy (non-hydrogen) atoms. The number of hydrogen-bond donors (Lipinski definition) is 0. The first-order valence-electron chi connectivity index (χ1n) is 5.74. The van der Waals surface area contributed by atoms with E-state index < -0.39 is 11.9 Å². The lowest BCUT2D eigenvalue weighted by molar-refractivity contribution is -0.135. The molecule has 1 aromatic rings. The van der Waals surface area contributed by atoms with Crippen LogP contribution in [0.2, 0.25) is 0 Å². The van der Waals surface area contributed by atoms with E-state index in [1.807, 2.05) is 0 Å². The Morgan fingerprint density at radius 2 is 1.65 bits per heavy atom. The highest BCUT2D eigenvalue weighted by atomic mass is 16.5. The van der Waals surface area contributed by atoms with Crippen LogP contribution < -0.4 is 4.74 Å². The van der Waals surface area contributed by atoms with Crippen molar-refractivity contribution in [3.63, 3.8) is 0 Å². The van der Waals surface area contributed by atoms with Crippen molar-refractivity contribution in [3.8, 4) is 5.75 Å². The van der Waals surface area contributed by atoms with Crippen molar-refractivity contribution in [2.45, 2.75) is 0 Å². The van der Waals surface area contributed by atoms with Gasteiger partial charge in [-0.3, -0.25) is 4.79 Å². The van der Waals surface area contributed by atoms with Crippen molar-refractivity contribution in [2.75, 3.05) is 21.2 Å². The summed E-state index contributed by atoms with van der Waals surface area (Å²) in [6.07, 6.45) is 1.88. The summed E-state index contributed by atoms with van der Waals surface area (Å²) < 4.78 is 9.38. The molecule has 0 radical (unpaired) electrons. The van der Waals surface area contributed by atoms with E-state index in [0.29, 0.717) is 0 Å². The lowest BCUT2D eigenvalue weighted by atomic mass is 10.2. The van der Waals surface area contributed by atoms with Gasteiger partial charge in [-0.25, -0.2) is 9.59 Å². The van der Waals surface area contributed by atoms with Gasteiger partial charge in [0.1, 0.15) is 5.75 Å². The van der Waals surface area contributed by atoms with Crippen molar-refractivity contribution in [1.29, 1.82) is 0 Å². The van der Waals surface area contributed by atoms with Crippen LogP contribution in [0.1, 0.15) is 10.4 Å². The van der Waals surface area contributed by atoms with Gasteiger partial charge in [0, 0.05) is 26.2 Å². The molecule has 106 valence electrons. The maximum Gasteiger partial charge on any atom is 0.336 e. The largest absolute Gasteiger partial charge is 0.466 e. The number of para-hydroxylation sites is 1. The second kappa shape index (κ2) is 7.08. The molecule has 1 aromatic carbocycles. The van der Waals surface area contributed by atoms with E-state index >= 15 is 0 Å². The number of ether oxygens (including phenoxy) is 2. The predicted octanol–water partition coefficient (Wildman–Crippen LogP) is 1.02. The summed E-state index contributed by atoms with van der Waals surface area (Å²) in [5.41, 5.74) is 0.261. The molecule has 0 fully saturated rings.